The molecule has 0 bridgehead atoms. The Morgan fingerprint density at radius 3 is 2.63 bits per heavy atom. The minimum atomic E-state index is -4.20. The number of nitrogens with one attached hydrogen (secondary N) is 1. The van der Waals surface area contributed by atoms with E-state index in [0.29, 0.717) is 41.5 Å². The molecule has 2 aliphatic heterocycles. The quantitative estimate of drug-likeness (QED) is 0.831. The van der Waals surface area contributed by atoms with Gasteiger partial charge >= 0.3 is 10.2 Å². The van der Waals surface area contributed by atoms with E-state index in [9.17, 15) is 18.3 Å². The van der Waals surface area contributed by atoms with Crippen LogP contribution in [-0.2, 0) is 28.0 Å². The maximum atomic E-state index is 15.2. The van der Waals surface area contributed by atoms with Crippen LogP contribution >= 0.6 is 0 Å². The molecule has 4 rings (SSSR count). The van der Waals surface area contributed by atoms with Gasteiger partial charge in [0.15, 0.2) is 5.82 Å². The van der Waals surface area contributed by atoms with E-state index in [4.69, 9.17) is 0 Å². The van der Waals surface area contributed by atoms with Gasteiger partial charge in [0.1, 0.15) is 18.0 Å². The molecule has 7 nitrogen and oxygen atoms in total. The van der Waals surface area contributed by atoms with E-state index in [2.05, 4.69) is 0 Å². The van der Waals surface area contributed by atoms with E-state index in [1.807, 2.05) is 35.2 Å². The predicted octanol–water partition coefficient (Wildman–Crippen LogP) is 1.67. The Bertz CT molecular complexity index is 1010. The first-order chi connectivity index (χ1) is 12.9. The van der Waals surface area contributed by atoms with Crippen molar-refractivity contribution in [1.29, 1.82) is 0 Å². The molecule has 0 unspecified atom stereocenters. The minimum Gasteiger partial charge on any atom is -0.506 e. The maximum Gasteiger partial charge on any atom is 0.326 e. The summed E-state index contributed by atoms with van der Waals surface area (Å²) in [7, 11) is -4.20. The van der Waals surface area contributed by atoms with Gasteiger partial charge in [-0.05, 0) is 18.4 Å². The molecule has 2 aromatic rings. The monoisotopic (exact) mass is 391 g/mol. The molecule has 27 heavy (non-hydrogen) atoms. The first-order valence-corrected chi connectivity index (χ1v) is 9.97. The van der Waals surface area contributed by atoms with Crippen LogP contribution in [0.4, 0.5) is 15.8 Å². The number of carbonyl (C=O) groups excluding carboxylic acids is 1. The normalized spacial score (nSPS) is 18.3. The smallest absolute Gasteiger partial charge is 0.326 e. The number of halogens is 1. The molecule has 2 aromatic carbocycles. The topological polar surface area (TPSA) is 90.0 Å². The average molecular weight is 391 g/mol. The fraction of sp³-hybridized carbons (Fsp3) is 0.278. The molecule has 9 heteroatoms. The summed E-state index contributed by atoms with van der Waals surface area (Å²) in [6.45, 7) is 0.690. The molecule has 0 spiro atoms. The van der Waals surface area contributed by atoms with Crippen molar-refractivity contribution in [1.82, 2.24) is 4.72 Å². The maximum absolute atomic E-state index is 15.2. The Hall–Kier alpha value is -2.81. The molecule has 2 N–H and O–H groups in total. The van der Waals surface area contributed by atoms with Crippen LogP contribution in [0.5, 0.6) is 5.75 Å². The number of aromatic hydroxyl groups is 1. The molecule has 1 amide bonds. The van der Waals surface area contributed by atoms with Gasteiger partial charge in [-0.2, -0.15) is 8.42 Å². The van der Waals surface area contributed by atoms with Gasteiger partial charge in [-0.25, -0.2) is 13.4 Å². The van der Waals surface area contributed by atoms with E-state index >= 15 is 4.39 Å². The molecular weight excluding hydrogens is 373 g/mol. The highest BCUT2D eigenvalue weighted by Gasteiger charge is 2.39. The second kappa shape index (κ2) is 6.41. The third kappa shape index (κ3) is 3.08. The molecule has 2 heterocycles. The van der Waals surface area contributed by atoms with Crippen LogP contribution in [0.2, 0.25) is 0 Å². The van der Waals surface area contributed by atoms with Crippen LogP contribution < -0.4 is 13.9 Å². The van der Waals surface area contributed by atoms with Crippen LogP contribution in [0.25, 0.3) is 0 Å². The molecule has 0 aliphatic carbocycles. The van der Waals surface area contributed by atoms with E-state index in [0.717, 1.165) is 5.56 Å². The number of hydrogen-bond donors (Lipinski definition) is 2. The van der Waals surface area contributed by atoms with Crippen molar-refractivity contribution in [2.24, 2.45) is 0 Å². The molecule has 142 valence electrons. The van der Waals surface area contributed by atoms with Gasteiger partial charge in [0.2, 0.25) is 0 Å². The summed E-state index contributed by atoms with van der Waals surface area (Å²) in [4.78, 5) is 13.4. The summed E-state index contributed by atoms with van der Waals surface area (Å²) in [5.41, 5.74) is 1.46. The van der Waals surface area contributed by atoms with Crippen LogP contribution in [-0.4, -0.2) is 32.5 Å². The zero-order valence-corrected chi connectivity index (χ0v) is 15.2. The zero-order chi connectivity index (χ0) is 19.2. The Kier molecular flexibility index (Phi) is 4.18. The molecular formula is C18H18FN3O4S. The van der Waals surface area contributed by atoms with Crippen molar-refractivity contribution in [2.75, 3.05) is 22.3 Å². The average Bonchev–Trinajstić information content (AvgIpc) is 2.89. The molecule has 0 saturated carbocycles. The zero-order valence-electron chi connectivity index (χ0n) is 14.4. The van der Waals surface area contributed by atoms with Gasteiger partial charge < -0.3 is 10.0 Å². The second-order valence-corrected chi connectivity index (χ2v) is 8.20. The number of rotatable bonds is 3. The Morgan fingerprint density at radius 2 is 1.96 bits per heavy atom. The molecule has 1 fully saturated rings. The highest BCUT2D eigenvalue weighted by molar-refractivity contribution is 7.92. The number of benzene rings is 2. The van der Waals surface area contributed by atoms with Crippen molar-refractivity contribution < 1.29 is 22.7 Å². The molecule has 0 atom stereocenters. The fourth-order valence-corrected chi connectivity index (χ4v) is 4.75. The van der Waals surface area contributed by atoms with Crippen molar-refractivity contribution in [3.8, 4) is 5.75 Å². The van der Waals surface area contributed by atoms with E-state index in [1.165, 1.54) is 6.07 Å². The van der Waals surface area contributed by atoms with E-state index < -0.39 is 39.9 Å². The predicted molar refractivity (Wildman–Crippen MR) is 98.3 cm³/mol. The number of phenols is 1. The Balaban J connectivity index is 1.76. The number of fused-ring (bicyclic) bond motifs is 1. The summed E-state index contributed by atoms with van der Waals surface area (Å²) in [6.07, 6.45) is 1.12. The summed E-state index contributed by atoms with van der Waals surface area (Å²) in [5.74, 6) is -2.08. The molecule has 0 aromatic heterocycles. The highest BCUT2D eigenvalue weighted by atomic mass is 32.2. The van der Waals surface area contributed by atoms with Crippen molar-refractivity contribution in [3.05, 3.63) is 53.3 Å². The van der Waals surface area contributed by atoms with Crippen molar-refractivity contribution >= 4 is 27.5 Å². The second-order valence-electron chi connectivity index (χ2n) is 6.60. The van der Waals surface area contributed by atoms with Crippen LogP contribution in [0.3, 0.4) is 0 Å². The van der Waals surface area contributed by atoms with Crippen molar-refractivity contribution in [3.63, 3.8) is 0 Å². The van der Waals surface area contributed by atoms with Gasteiger partial charge in [-0.3, -0.25) is 4.79 Å². The highest BCUT2D eigenvalue weighted by Crippen LogP contribution is 2.42. The van der Waals surface area contributed by atoms with Gasteiger partial charge in [0, 0.05) is 30.4 Å². The fourth-order valence-electron chi connectivity index (χ4n) is 3.59. The largest absolute Gasteiger partial charge is 0.506 e. The summed E-state index contributed by atoms with van der Waals surface area (Å²) >= 11 is 0. The number of nitrogens with zero attached hydrogens (tertiary/aromatic N) is 2. The lowest BCUT2D eigenvalue weighted by atomic mass is 9.98. The number of hydrogen-bond acceptors (Lipinski definition) is 5. The van der Waals surface area contributed by atoms with E-state index in [1.54, 1.807) is 4.72 Å². The summed E-state index contributed by atoms with van der Waals surface area (Å²) < 4.78 is 41.7. The SMILES string of the molecule is O=C1CN(c2c(O)cc3c(c2F)CCCN3Cc2ccccc2)S(=O)(=O)N1. The number of phenolic OH excluding ortho intramolecular Hbond substituents is 1. The lowest BCUT2D eigenvalue weighted by Crippen LogP contribution is -2.32. The van der Waals surface area contributed by atoms with Gasteiger partial charge in [-0.1, -0.05) is 30.3 Å². The van der Waals surface area contributed by atoms with Crippen LogP contribution in [0.15, 0.2) is 36.4 Å². The molecule has 1 saturated heterocycles. The number of carbonyl (C=O) groups is 1. The minimum absolute atomic E-state index is 0.347. The summed E-state index contributed by atoms with van der Waals surface area (Å²) in [5, 5.41) is 10.4. The molecule has 2 aliphatic rings. The van der Waals surface area contributed by atoms with Gasteiger partial charge in [-0.15, -0.1) is 0 Å². The van der Waals surface area contributed by atoms with Crippen LogP contribution in [0.1, 0.15) is 17.5 Å². The first kappa shape index (κ1) is 17.6. The Labute approximate surface area is 156 Å². The third-order valence-corrected chi connectivity index (χ3v) is 6.16. The summed E-state index contributed by atoms with van der Waals surface area (Å²) in [6, 6.07) is 11.1. The lowest BCUT2D eigenvalue weighted by Gasteiger charge is -2.33. The molecule has 0 radical (unpaired) electrons. The third-order valence-electron chi connectivity index (χ3n) is 4.78. The van der Waals surface area contributed by atoms with Crippen LogP contribution in [0, 0.1) is 5.82 Å². The Morgan fingerprint density at radius 1 is 1.22 bits per heavy atom. The first-order valence-electron chi connectivity index (χ1n) is 8.53. The number of anilines is 2. The standard InChI is InChI=1S/C18H18FN3O4S/c19-17-13-7-4-8-21(10-12-5-2-1-3-6-12)14(13)9-15(23)18(17)22-11-16(24)20-27(22,25)26/h1-3,5-6,9,23H,4,7-8,10-11H2,(H,20,24). The number of amides is 1. The van der Waals surface area contributed by atoms with Gasteiger partial charge in [0.05, 0.1) is 0 Å². The van der Waals surface area contributed by atoms with Gasteiger partial charge in [0.25, 0.3) is 5.91 Å². The lowest BCUT2D eigenvalue weighted by molar-refractivity contribution is -0.117. The van der Waals surface area contributed by atoms with Crippen molar-refractivity contribution in [2.45, 2.75) is 19.4 Å². The van der Waals surface area contributed by atoms with E-state index in [-0.39, 0.29) is 0 Å².